The van der Waals surface area contributed by atoms with Crippen molar-refractivity contribution in [1.82, 2.24) is 9.80 Å². The van der Waals surface area contributed by atoms with Gasteiger partial charge in [0.05, 0.1) is 0 Å². The second-order valence-electron chi connectivity index (χ2n) is 6.83. The molecule has 144 valence electrons. The lowest BCUT2D eigenvalue weighted by Gasteiger charge is -2.29. The van der Waals surface area contributed by atoms with Crippen LogP contribution in [0.4, 0.5) is 5.69 Å². The molecule has 2 aromatic carbocycles. The van der Waals surface area contributed by atoms with Crippen molar-refractivity contribution in [3.8, 4) is 0 Å². The fourth-order valence-corrected chi connectivity index (χ4v) is 3.79. The molecule has 1 heterocycles. The third-order valence-corrected chi connectivity index (χ3v) is 5.28. The summed E-state index contributed by atoms with van der Waals surface area (Å²) in [5.41, 5.74) is 9.51. The van der Waals surface area contributed by atoms with E-state index in [0.717, 1.165) is 25.3 Å². The lowest BCUT2D eigenvalue weighted by atomic mass is 10.1. The second-order valence-corrected chi connectivity index (χ2v) is 6.83. The van der Waals surface area contributed by atoms with E-state index in [1.165, 1.54) is 24.1 Å². The Morgan fingerprint density at radius 2 is 1.85 bits per heavy atom. The van der Waals surface area contributed by atoms with Crippen LogP contribution in [-0.2, 0) is 6.54 Å². The number of nitrogen functional groups attached to an aromatic ring is 1. The molecule has 0 spiro atoms. The summed E-state index contributed by atoms with van der Waals surface area (Å²) in [6.07, 6.45) is 1.24. The SMILES string of the molecule is CCN(Cc1cccc(N)c1)C1CCN(C(C)c2ccccc2)C1.Cl.Cl. The molecule has 0 aromatic heterocycles. The van der Waals surface area contributed by atoms with Gasteiger partial charge in [0.1, 0.15) is 0 Å². The van der Waals surface area contributed by atoms with Crippen LogP contribution in [0.1, 0.15) is 37.4 Å². The molecule has 3 rings (SSSR count). The number of hydrogen-bond donors (Lipinski definition) is 1. The van der Waals surface area contributed by atoms with Crippen molar-refractivity contribution in [2.75, 3.05) is 25.4 Å². The molecule has 1 aliphatic heterocycles. The average Bonchev–Trinajstić information content (AvgIpc) is 3.10. The van der Waals surface area contributed by atoms with Crippen LogP contribution >= 0.6 is 24.8 Å². The van der Waals surface area contributed by atoms with Crippen molar-refractivity contribution in [3.63, 3.8) is 0 Å². The lowest BCUT2D eigenvalue weighted by molar-refractivity contribution is 0.180. The zero-order chi connectivity index (χ0) is 16.9. The van der Waals surface area contributed by atoms with E-state index in [2.05, 4.69) is 72.2 Å². The van der Waals surface area contributed by atoms with Crippen molar-refractivity contribution >= 4 is 30.5 Å². The molecule has 2 atom stereocenters. The predicted octanol–water partition coefficient (Wildman–Crippen LogP) is 4.77. The summed E-state index contributed by atoms with van der Waals surface area (Å²) in [7, 11) is 0. The Hall–Kier alpha value is -1.26. The van der Waals surface area contributed by atoms with Crippen molar-refractivity contribution in [3.05, 3.63) is 65.7 Å². The minimum absolute atomic E-state index is 0. The highest BCUT2D eigenvalue weighted by Gasteiger charge is 2.30. The number of nitrogens with two attached hydrogens (primary N) is 1. The van der Waals surface area contributed by atoms with Gasteiger partial charge in [0.25, 0.3) is 0 Å². The number of hydrogen-bond acceptors (Lipinski definition) is 3. The molecule has 0 amide bonds. The van der Waals surface area contributed by atoms with Crippen LogP contribution in [0.3, 0.4) is 0 Å². The van der Waals surface area contributed by atoms with Crippen LogP contribution in [0.5, 0.6) is 0 Å². The summed E-state index contributed by atoms with van der Waals surface area (Å²) >= 11 is 0. The van der Waals surface area contributed by atoms with E-state index < -0.39 is 0 Å². The Morgan fingerprint density at radius 1 is 1.12 bits per heavy atom. The molecule has 26 heavy (non-hydrogen) atoms. The molecule has 3 nitrogen and oxygen atoms in total. The molecule has 0 radical (unpaired) electrons. The van der Waals surface area contributed by atoms with Gasteiger partial charge >= 0.3 is 0 Å². The molecule has 1 aliphatic rings. The average molecular weight is 396 g/mol. The zero-order valence-electron chi connectivity index (χ0n) is 15.7. The molecular formula is C21H31Cl2N3. The monoisotopic (exact) mass is 395 g/mol. The molecule has 1 fully saturated rings. The fraction of sp³-hybridized carbons (Fsp3) is 0.429. The van der Waals surface area contributed by atoms with Crippen LogP contribution in [0, 0.1) is 0 Å². The third kappa shape index (κ3) is 5.62. The van der Waals surface area contributed by atoms with Gasteiger partial charge < -0.3 is 5.73 Å². The summed E-state index contributed by atoms with van der Waals surface area (Å²) in [6.45, 7) is 8.97. The molecule has 2 unspecified atom stereocenters. The van der Waals surface area contributed by atoms with Gasteiger partial charge in [-0.05, 0) is 43.1 Å². The molecule has 0 saturated carbocycles. The Kier molecular flexibility index (Phi) is 9.45. The molecule has 5 heteroatoms. The van der Waals surface area contributed by atoms with Crippen LogP contribution in [0.25, 0.3) is 0 Å². The number of rotatable bonds is 6. The van der Waals surface area contributed by atoms with Crippen LogP contribution in [0.15, 0.2) is 54.6 Å². The molecule has 2 N–H and O–H groups in total. The smallest absolute Gasteiger partial charge is 0.0320 e. The Bertz CT molecular complexity index is 651. The molecule has 0 aliphatic carbocycles. The molecular weight excluding hydrogens is 365 g/mol. The van der Waals surface area contributed by atoms with Gasteiger partial charge in [-0.15, -0.1) is 24.8 Å². The third-order valence-electron chi connectivity index (χ3n) is 5.28. The summed E-state index contributed by atoms with van der Waals surface area (Å²) in [4.78, 5) is 5.20. The van der Waals surface area contributed by atoms with E-state index >= 15 is 0 Å². The highest BCUT2D eigenvalue weighted by atomic mass is 35.5. The van der Waals surface area contributed by atoms with Crippen molar-refractivity contribution in [2.24, 2.45) is 0 Å². The van der Waals surface area contributed by atoms with Gasteiger partial charge in [0, 0.05) is 37.4 Å². The second kappa shape index (κ2) is 10.8. The normalized spacial score (nSPS) is 18.2. The van der Waals surface area contributed by atoms with E-state index in [1.54, 1.807) is 0 Å². The largest absolute Gasteiger partial charge is 0.399 e. The van der Waals surface area contributed by atoms with E-state index in [-0.39, 0.29) is 24.8 Å². The van der Waals surface area contributed by atoms with Gasteiger partial charge in [-0.25, -0.2) is 0 Å². The molecule has 0 bridgehead atoms. The minimum atomic E-state index is 0. The topological polar surface area (TPSA) is 32.5 Å². The Balaban J connectivity index is 0.00000169. The van der Waals surface area contributed by atoms with E-state index in [1.807, 2.05) is 6.07 Å². The fourth-order valence-electron chi connectivity index (χ4n) is 3.79. The first-order valence-corrected chi connectivity index (χ1v) is 9.05. The maximum Gasteiger partial charge on any atom is 0.0320 e. The first-order chi connectivity index (χ1) is 11.7. The van der Waals surface area contributed by atoms with Crippen molar-refractivity contribution < 1.29 is 0 Å². The maximum atomic E-state index is 5.93. The van der Waals surface area contributed by atoms with Crippen molar-refractivity contribution in [1.29, 1.82) is 0 Å². The number of likely N-dealkylation sites (N-methyl/N-ethyl adjacent to an activating group) is 1. The number of nitrogens with zero attached hydrogens (tertiary/aromatic N) is 2. The van der Waals surface area contributed by atoms with Gasteiger partial charge in [0.2, 0.25) is 0 Å². The van der Waals surface area contributed by atoms with Crippen LogP contribution in [-0.4, -0.2) is 35.5 Å². The first-order valence-electron chi connectivity index (χ1n) is 9.05. The number of likely N-dealkylation sites (tertiary alicyclic amines) is 1. The Labute approximate surface area is 170 Å². The van der Waals surface area contributed by atoms with Crippen LogP contribution in [0.2, 0.25) is 0 Å². The summed E-state index contributed by atoms with van der Waals surface area (Å²) in [5, 5.41) is 0. The lowest BCUT2D eigenvalue weighted by Crippen LogP contribution is -2.37. The Morgan fingerprint density at radius 3 is 2.50 bits per heavy atom. The zero-order valence-corrected chi connectivity index (χ0v) is 17.3. The van der Waals surface area contributed by atoms with Crippen molar-refractivity contribution in [2.45, 2.75) is 38.9 Å². The standard InChI is InChI=1S/C21H29N3.2ClH/c1-3-23(15-18-8-7-11-20(22)14-18)21-12-13-24(16-21)17(2)19-9-5-4-6-10-19;;/h4-11,14,17,21H,3,12-13,15-16,22H2,1-2H3;2*1H. The number of benzene rings is 2. The summed E-state index contributed by atoms with van der Waals surface area (Å²) in [5.74, 6) is 0. The van der Waals surface area contributed by atoms with Crippen LogP contribution < -0.4 is 5.73 Å². The maximum absolute atomic E-state index is 5.93. The highest BCUT2D eigenvalue weighted by Crippen LogP contribution is 2.27. The quantitative estimate of drug-likeness (QED) is 0.714. The van der Waals surface area contributed by atoms with Gasteiger partial charge in [-0.1, -0.05) is 49.4 Å². The molecule has 2 aromatic rings. The first kappa shape index (κ1) is 22.8. The van der Waals surface area contributed by atoms with Gasteiger partial charge in [0.15, 0.2) is 0 Å². The number of halogens is 2. The van der Waals surface area contributed by atoms with E-state index in [4.69, 9.17) is 5.73 Å². The van der Waals surface area contributed by atoms with Gasteiger partial charge in [-0.3, -0.25) is 9.80 Å². The van der Waals surface area contributed by atoms with E-state index in [9.17, 15) is 0 Å². The van der Waals surface area contributed by atoms with Gasteiger partial charge in [-0.2, -0.15) is 0 Å². The van der Waals surface area contributed by atoms with E-state index in [0.29, 0.717) is 12.1 Å². The summed E-state index contributed by atoms with van der Waals surface area (Å²) in [6, 6.07) is 20.2. The summed E-state index contributed by atoms with van der Waals surface area (Å²) < 4.78 is 0. The molecule has 1 saturated heterocycles. The number of anilines is 1. The predicted molar refractivity (Wildman–Crippen MR) is 116 cm³/mol. The highest BCUT2D eigenvalue weighted by molar-refractivity contribution is 5.85. The minimum Gasteiger partial charge on any atom is -0.399 e.